The van der Waals surface area contributed by atoms with Crippen molar-refractivity contribution >= 4 is 17.4 Å². The van der Waals surface area contributed by atoms with E-state index in [0.29, 0.717) is 12.0 Å². The number of aromatic amines is 1. The average molecular weight is 283 g/mol. The number of aryl methyl sites for hydroxylation is 1. The van der Waals surface area contributed by atoms with Gasteiger partial charge in [0.15, 0.2) is 0 Å². The summed E-state index contributed by atoms with van der Waals surface area (Å²) >= 11 is 4.54. The molecule has 0 radical (unpaired) electrons. The highest BCUT2D eigenvalue weighted by atomic mass is 32.1. The molecular weight excluding hydrogens is 270 g/mol. The van der Waals surface area contributed by atoms with E-state index in [-0.39, 0.29) is 12.6 Å². The van der Waals surface area contributed by atoms with Gasteiger partial charge in [0, 0.05) is 18.2 Å². The molecule has 0 amide bonds. The highest BCUT2D eigenvalue weighted by molar-refractivity contribution is 7.78. The van der Waals surface area contributed by atoms with Gasteiger partial charge in [0.2, 0.25) is 0 Å². The second-order valence-corrected chi connectivity index (χ2v) is 4.50. The van der Waals surface area contributed by atoms with Crippen LogP contribution in [0.15, 0.2) is 20.8 Å². The molecular formula is C11H13N3O4S. The minimum atomic E-state index is -0.586. The Balaban J connectivity index is 2.34. The Hall–Kier alpha value is -1.60. The third-order valence-corrected chi connectivity index (χ3v) is 3.16. The summed E-state index contributed by atoms with van der Waals surface area (Å²) in [6, 6.07) is -0.341. The monoisotopic (exact) mass is 283 g/mol. The highest BCUT2D eigenvalue weighted by Crippen LogP contribution is 2.29. The number of H-pyrrole nitrogens is 1. The molecule has 0 aromatic carbocycles. The quantitative estimate of drug-likeness (QED) is 0.581. The van der Waals surface area contributed by atoms with Gasteiger partial charge in [-0.05, 0) is 19.1 Å². The lowest BCUT2D eigenvalue weighted by molar-refractivity contribution is -0.0270. The Morgan fingerprint density at radius 2 is 2.42 bits per heavy atom. The number of aliphatic imine (C=N–C) groups is 1. The van der Waals surface area contributed by atoms with Gasteiger partial charge < -0.3 is 9.84 Å². The van der Waals surface area contributed by atoms with Crippen molar-refractivity contribution in [2.24, 2.45) is 4.99 Å². The molecule has 0 bridgehead atoms. The van der Waals surface area contributed by atoms with Gasteiger partial charge in [0.1, 0.15) is 12.3 Å². The van der Waals surface area contributed by atoms with Crippen LogP contribution in [-0.4, -0.2) is 38.6 Å². The van der Waals surface area contributed by atoms with Crippen LogP contribution < -0.4 is 11.2 Å². The molecule has 8 heteroatoms. The molecule has 1 aromatic heterocycles. The molecule has 0 saturated carbocycles. The summed E-state index contributed by atoms with van der Waals surface area (Å²) in [6.07, 6.45) is 0.709. The van der Waals surface area contributed by atoms with Crippen LogP contribution in [0.25, 0.3) is 0 Å². The fraction of sp³-hybridized carbons (Fsp3) is 0.545. The van der Waals surface area contributed by atoms with E-state index < -0.39 is 23.6 Å². The fourth-order valence-electron chi connectivity index (χ4n) is 2.05. The van der Waals surface area contributed by atoms with Gasteiger partial charge in [0.25, 0.3) is 5.56 Å². The lowest BCUT2D eigenvalue weighted by atomic mass is 10.1. The van der Waals surface area contributed by atoms with Crippen molar-refractivity contribution in [3.05, 3.63) is 32.6 Å². The summed E-state index contributed by atoms with van der Waals surface area (Å²) in [7, 11) is 0. The number of aliphatic hydroxyl groups is 1. The first-order chi connectivity index (χ1) is 9.06. The number of aliphatic hydroxyl groups excluding tert-OH is 1. The molecule has 102 valence electrons. The van der Waals surface area contributed by atoms with Gasteiger partial charge in [-0.15, -0.1) is 0 Å². The lowest BCUT2D eigenvalue weighted by Gasteiger charge is -2.14. The number of ether oxygens (including phenoxy) is 1. The summed E-state index contributed by atoms with van der Waals surface area (Å²) in [5, 5.41) is 11.5. The third kappa shape index (κ3) is 2.71. The zero-order chi connectivity index (χ0) is 14.0. The maximum Gasteiger partial charge on any atom is 0.330 e. The second-order valence-electron chi connectivity index (χ2n) is 4.31. The topological polar surface area (TPSA) is 96.7 Å². The van der Waals surface area contributed by atoms with Gasteiger partial charge in [-0.2, -0.15) is 0 Å². The van der Waals surface area contributed by atoms with Crippen molar-refractivity contribution in [2.45, 2.75) is 31.7 Å². The molecule has 2 N–H and O–H groups in total. The van der Waals surface area contributed by atoms with Crippen LogP contribution in [-0.2, 0) is 4.74 Å². The fourth-order valence-corrected chi connectivity index (χ4v) is 2.19. The van der Waals surface area contributed by atoms with E-state index in [1.54, 1.807) is 6.92 Å². The van der Waals surface area contributed by atoms with E-state index in [1.165, 1.54) is 10.8 Å². The first kappa shape index (κ1) is 13.8. The zero-order valence-electron chi connectivity index (χ0n) is 10.2. The summed E-state index contributed by atoms with van der Waals surface area (Å²) in [5.41, 5.74) is -0.568. The minimum Gasteiger partial charge on any atom is -0.394 e. The number of aromatic nitrogens is 2. The molecule has 1 saturated heterocycles. The molecule has 7 nitrogen and oxygen atoms in total. The maximum atomic E-state index is 11.7. The molecule has 1 aliphatic heterocycles. The Morgan fingerprint density at radius 3 is 3.05 bits per heavy atom. The predicted octanol–water partition coefficient (Wildman–Crippen LogP) is -0.404. The van der Waals surface area contributed by atoms with Crippen LogP contribution in [0.1, 0.15) is 18.2 Å². The van der Waals surface area contributed by atoms with Crippen LogP contribution >= 0.6 is 12.2 Å². The number of nitrogens with one attached hydrogen (secondary N) is 1. The number of rotatable bonds is 3. The number of thiocarbonyl (C=S) groups is 1. The first-order valence-electron chi connectivity index (χ1n) is 5.72. The van der Waals surface area contributed by atoms with Crippen molar-refractivity contribution in [1.82, 2.24) is 9.55 Å². The molecule has 19 heavy (non-hydrogen) atoms. The number of hydrogen-bond donors (Lipinski definition) is 2. The highest BCUT2D eigenvalue weighted by Gasteiger charge is 2.36. The smallest absolute Gasteiger partial charge is 0.330 e. The SMILES string of the molecule is Cc1cn(C2CC(N=C=S)C(CO)O2)c(=O)[nH]c1=O. The summed E-state index contributed by atoms with van der Waals surface area (Å²) in [6.45, 7) is 1.37. The molecule has 3 atom stereocenters. The van der Waals surface area contributed by atoms with E-state index >= 15 is 0 Å². The molecule has 3 unspecified atom stereocenters. The molecule has 0 aliphatic carbocycles. The molecule has 1 aromatic rings. The largest absolute Gasteiger partial charge is 0.394 e. The van der Waals surface area contributed by atoms with E-state index in [0.717, 1.165) is 0 Å². The predicted molar refractivity (Wildman–Crippen MR) is 70.5 cm³/mol. The van der Waals surface area contributed by atoms with Crippen molar-refractivity contribution < 1.29 is 9.84 Å². The minimum absolute atomic E-state index is 0.223. The van der Waals surface area contributed by atoms with Crippen LogP contribution in [0.2, 0.25) is 0 Å². The van der Waals surface area contributed by atoms with E-state index in [1.807, 2.05) is 0 Å². The maximum absolute atomic E-state index is 11.7. The van der Waals surface area contributed by atoms with Crippen LogP contribution in [0.3, 0.4) is 0 Å². The number of nitrogens with zero attached hydrogens (tertiary/aromatic N) is 2. The van der Waals surface area contributed by atoms with Crippen LogP contribution in [0, 0.1) is 6.92 Å². The van der Waals surface area contributed by atoms with Crippen molar-refractivity contribution in [2.75, 3.05) is 6.61 Å². The molecule has 1 fully saturated rings. The van der Waals surface area contributed by atoms with Gasteiger partial charge in [-0.3, -0.25) is 14.3 Å². The average Bonchev–Trinajstić information content (AvgIpc) is 2.77. The van der Waals surface area contributed by atoms with Crippen molar-refractivity contribution in [3.63, 3.8) is 0 Å². The Labute approximate surface area is 113 Å². The van der Waals surface area contributed by atoms with Gasteiger partial charge >= 0.3 is 5.69 Å². The van der Waals surface area contributed by atoms with Crippen molar-refractivity contribution in [1.29, 1.82) is 0 Å². The Bertz CT molecular complexity index is 632. The van der Waals surface area contributed by atoms with Crippen LogP contribution in [0.4, 0.5) is 0 Å². The summed E-state index contributed by atoms with van der Waals surface area (Å²) < 4.78 is 6.84. The van der Waals surface area contributed by atoms with E-state index in [9.17, 15) is 14.7 Å². The normalized spacial score (nSPS) is 26.1. The number of hydrogen-bond acceptors (Lipinski definition) is 6. The third-order valence-electron chi connectivity index (χ3n) is 3.06. The Kier molecular flexibility index (Phi) is 4.06. The van der Waals surface area contributed by atoms with Gasteiger partial charge in [-0.25, -0.2) is 9.79 Å². The second kappa shape index (κ2) is 5.58. The molecule has 2 rings (SSSR count). The number of isothiocyanates is 1. The standard InChI is InChI=1S/C11H13N3O4S/c1-6-3-14(11(17)13-10(6)16)9-2-7(12-5-19)8(4-15)18-9/h3,7-9,15H,2,4H2,1H3,(H,13,16,17). The van der Waals surface area contributed by atoms with Crippen molar-refractivity contribution in [3.8, 4) is 0 Å². The van der Waals surface area contributed by atoms with Crippen LogP contribution in [0.5, 0.6) is 0 Å². The zero-order valence-corrected chi connectivity index (χ0v) is 11.0. The lowest BCUT2D eigenvalue weighted by Crippen LogP contribution is -2.33. The molecule has 1 aliphatic rings. The molecule has 0 spiro atoms. The summed E-state index contributed by atoms with van der Waals surface area (Å²) in [5.74, 6) is 0. The Morgan fingerprint density at radius 1 is 1.68 bits per heavy atom. The molecule has 2 heterocycles. The summed E-state index contributed by atoms with van der Waals surface area (Å²) in [4.78, 5) is 29.2. The van der Waals surface area contributed by atoms with E-state index in [2.05, 4.69) is 27.4 Å². The first-order valence-corrected chi connectivity index (χ1v) is 6.13. The van der Waals surface area contributed by atoms with Gasteiger partial charge in [-0.1, -0.05) is 0 Å². The van der Waals surface area contributed by atoms with E-state index in [4.69, 9.17) is 4.74 Å². The van der Waals surface area contributed by atoms with Gasteiger partial charge in [0.05, 0.1) is 17.8 Å².